The van der Waals surface area contributed by atoms with Crippen molar-refractivity contribution in [1.29, 1.82) is 0 Å². The first-order valence-corrected chi connectivity index (χ1v) is 5.95. The molecule has 1 rings (SSSR count). The number of morpholine rings is 1. The zero-order valence-electron chi connectivity index (χ0n) is 10.2. The highest BCUT2D eigenvalue weighted by molar-refractivity contribution is 5.75. The van der Waals surface area contributed by atoms with Crippen molar-refractivity contribution in [2.75, 3.05) is 19.6 Å². The molecule has 0 unspecified atom stereocenters. The third-order valence-corrected chi connectivity index (χ3v) is 2.75. The molecule has 1 fully saturated rings. The Morgan fingerprint density at radius 3 is 2.40 bits per heavy atom. The number of Topliss-reactive ketones (excluding diaryl/α,β-unsaturated/α-hetero) is 1. The standard InChI is InChI=1S/C12H23NO2/c1-10(14)6-4-5-7-13-8-11(2)15-12(3)9-13/h11-12H,4-9H2,1-3H3/t11-,12+. The average Bonchev–Trinajstić information content (AvgIpc) is 2.10. The van der Waals surface area contributed by atoms with Crippen LogP contribution in [0.2, 0.25) is 0 Å². The van der Waals surface area contributed by atoms with Gasteiger partial charge in [0.05, 0.1) is 12.2 Å². The van der Waals surface area contributed by atoms with Crippen LogP contribution in [-0.4, -0.2) is 42.5 Å². The van der Waals surface area contributed by atoms with Crippen molar-refractivity contribution < 1.29 is 9.53 Å². The molecule has 88 valence electrons. The molecule has 0 bridgehead atoms. The molecular formula is C12H23NO2. The maximum atomic E-state index is 10.8. The van der Waals surface area contributed by atoms with Crippen molar-refractivity contribution in [1.82, 2.24) is 4.90 Å². The van der Waals surface area contributed by atoms with Crippen LogP contribution in [0.4, 0.5) is 0 Å². The highest BCUT2D eigenvalue weighted by atomic mass is 16.5. The molecule has 1 heterocycles. The van der Waals surface area contributed by atoms with E-state index in [1.165, 1.54) is 0 Å². The van der Waals surface area contributed by atoms with Gasteiger partial charge < -0.3 is 9.53 Å². The molecule has 1 aliphatic rings. The van der Waals surface area contributed by atoms with Crippen LogP contribution in [0, 0.1) is 0 Å². The van der Waals surface area contributed by atoms with Crippen LogP contribution in [0.15, 0.2) is 0 Å². The predicted octanol–water partition coefficient (Wildman–Crippen LogP) is 1.85. The number of nitrogens with zero attached hydrogens (tertiary/aromatic N) is 1. The van der Waals surface area contributed by atoms with Crippen molar-refractivity contribution in [3.05, 3.63) is 0 Å². The van der Waals surface area contributed by atoms with Crippen LogP contribution >= 0.6 is 0 Å². The van der Waals surface area contributed by atoms with E-state index in [4.69, 9.17) is 4.74 Å². The Morgan fingerprint density at radius 1 is 1.27 bits per heavy atom. The quantitative estimate of drug-likeness (QED) is 0.653. The number of rotatable bonds is 5. The second kappa shape index (κ2) is 6.23. The topological polar surface area (TPSA) is 29.5 Å². The van der Waals surface area contributed by atoms with E-state index >= 15 is 0 Å². The largest absolute Gasteiger partial charge is 0.373 e. The van der Waals surface area contributed by atoms with E-state index in [9.17, 15) is 4.79 Å². The number of carbonyl (C=O) groups is 1. The van der Waals surface area contributed by atoms with E-state index in [1.54, 1.807) is 6.92 Å². The summed E-state index contributed by atoms with van der Waals surface area (Å²) in [6, 6.07) is 0. The first-order chi connectivity index (χ1) is 7.08. The summed E-state index contributed by atoms with van der Waals surface area (Å²) in [6.07, 6.45) is 3.58. The highest BCUT2D eigenvalue weighted by Crippen LogP contribution is 2.11. The summed E-state index contributed by atoms with van der Waals surface area (Å²) in [6.45, 7) is 9.08. The molecule has 15 heavy (non-hydrogen) atoms. The molecule has 0 aromatic heterocycles. The van der Waals surface area contributed by atoms with E-state index in [1.807, 2.05) is 0 Å². The number of carbonyl (C=O) groups excluding carboxylic acids is 1. The Kier molecular flexibility index (Phi) is 5.26. The van der Waals surface area contributed by atoms with Gasteiger partial charge in [-0.1, -0.05) is 0 Å². The summed E-state index contributed by atoms with van der Waals surface area (Å²) in [5.74, 6) is 0.304. The van der Waals surface area contributed by atoms with Gasteiger partial charge >= 0.3 is 0 Å². The molecule has 0 N–H and O–H groups in total. The van der Waals surface area contributed by atoms with E-state index in [0.717, 1.165) is 38.9 Å². The van der Waals surface area contributed by atoms with Crippen LogP contribution in [-0.2, 0) is 9.53 Å². The highest BCUT2D eigenvalue weighted by Gasteiger charge is 2.21. The third-order valence-electron chi connectivity index (χ3n) is 2.75. The average molecular weight is 213 g/mol. The molecule has 0 radical (unpaired) electrons. The number of unbranched alkanes of at least 4 members (excludes halogenated alkanes) is 1. The molecule has 0 aliphatic carbocycles. The van der Waals surface area contributed by atoms with Crippen molar-refractivity contribution >= 4 is 5.78 Å². The fraction of sp³-hybridized carbons (Fsp3) is 0.917. The normalized spacial score (nSPS) is 27.9. The Bertz CT molecular complexity index is 196. The minimum atomic E-state index is 0.304. The van der Waals surface area contributed by atoms with Gasteiger partial charge in [-0.15, -0.1) is 0 Å². The van der Waals surface area contributed by atoms with Crippen molar-refractivity contribution in [2.24, 2.45) is 0 Å². The molecule has 1 saturated heterocycles. The number of ether oxygens (including phenoxy) is 1. The van der Waals surface area contributed by atoms with E-state index in [2.05, 4.69) is 18.7 Å². The van der Waals surface area contributed by atoms with Gasteiger partial charge in [-0.3, -0.25) is 4.90 Å². The monoisotopic (exact) mass is 213 g/mol. The zero-order chi connectivity index (χ0) is 11.3. The first-order valence-electron chi connectivity index (χ1n) is 5.95. The van der Waals surface area contributed by atoms with Crippen LogP contribution < -0.4 is 0 Å². The molecule has 0 aromatic carbocycles. The van der Waals surface area contributed by atoms with Crippen molar-refractivity contribution in [2.45, 2.75) is 52.2 Å². The third kappa shape index (κ3) is 5.28. The van der Waals surface area contributed by atoms with Gasteiger partial charge in [0.15, 0.2) is 0 Å². The fourth-order valence-corrected chi connectivity index (χ4v) is 2.18. The van der Waals surface area contributed by atoms with Crippen LogP contribution in [0.25, 0.3) is 0 Å². The summed E-state index contributed by atoms with van der Waals surface area (Å²) in [4.78, 5) is 13.2. The van der Waals surface area contributed by atoms with Gasteiger partial charge in [0, 0.05) is 19.5 Å². The Morgan fingerprint density at radius 2 is 1.87 bits per heavy atom. The molecule has 3 nitrogen and oxygen atoms in total. The van der Waals surface area contributed by atoms with E-state index in [-0.39, 0.29) is 0 Å². The predicted molar refractivity (Wildman–Crippen MR) is 61.0 cm³/mol. The van der Waals surface area contributed by atoms with Crippen LogP contribution in [0.5, 0.6) is 0 Å². The number of hydrogen-bond acceptors (Lipinski definition) is 3. The maximum absolute atomic E-state index is 10.8. The van der Waals surface area contributed by atoms with E-state index in [0.29, 0.717) is 18.0 Å². The molecule has 0 amide bonds. The lowest BCUT2D eigenvalue weighted by molar-refractivity contribution is -0.117. The number of hydrogen-bond donors (Lipinski definition) is 0. The van der Waals surface area contributed by atoms with Crippen molar-refractivity contribution in [3.8, 4) is 0 Å². The van der Waals surface area contributed by atoms with Crippen LogP contribution in [0.3, 0.4) is 0 Å². The second-order valence-electron chi connectivity index (χ2n) is 4.68. The van der Waals surface area contributed by atoms with Crippen molar-refractivity contribution in [3.63, 3.8) is 0 Å². The summed E-state index contributed by atoms with van der Waals surface area (Å²) >= 11 is 0. The second-order valence-corrected chi connectivity index (χ2v) is 4.68. The molecule has 2 atom stereocenters. The molecule has 0 saturated carbocycles. The summed E-state index contributed by atoms with van der Waals surface area (Å²) in [7, 11) is 0. The number of ketones is 1. The SMILES string of the molecule is CC(=O)CCCCN1C[C@@H](C)O[C@@H](C)C1. The molecular weight excluding hydrogens is 190 g/mol. The Labute approximate surface area is 92.8 Å². The molecule has 1 aliphatic heterocycles. The summed E-state index contributed by atoms with van der Waals surface area (Å²) in [5.41, 5.74) is 0. The zero-order valence-corrected chi connectivity index (χ0v) is 10.2. The smallest absolute Gasteiger partial charge is 0.129 e. The first kappa shape index (κ1) is 12.7. The fourth-order valence-electron chi connectivity index (χ4n) is 2.18. The lowest BCUT2D eigenvalue weighted by Crippen LogP contribution is -2.45. The summed E-state index contributed by atoms with van der Waals surface area (Å²) in [5, 5.41) is 0. The van der Waals surface area contributed by atoms with Gasteiger partial charge in [0.2, 0.25) is 0 Å². The minimum Gasteiger partial charge on any atom is -0.373 e. The van der Waals surface area contributed by atoms with Crippen LogP contribution in [0.1, 0.15) is 40.0 Å². The minimum absolute atomic E-state index is 0.304. The molecule has 0 spiro atoms. The summed E-state index contributed by atoms with van der Waals surface area (Å²) < 4.78 is 5.67. The Hall–Kier alpha value is -0.410. The Balaban J connectivity index is 2.12. The van der Waals surface area contributed by atoms with Gasteiger partial charge in [0.25, 0.3) is 0 Å². The van der Waals surface area contributed by atoms with Gasteiger partial charge in [0.1, 0.15) is 5.78 Å². The lowest BCUT2D eigenvalue weighted by atomic mass is 10.1. The van der Waals surface area contributed by atoms with Gasteiger partial charge in [-0.05, 0) is 40.2 Å². The van der Waals surface area contributed by atoms with Gasteiger partial charge in [-0.2, -0.15) is 0 Å². The van der Waals surface area contributed by atoms with Gasteiger partial charge in [-0.25, -0.2) is 0 Å². The molecule has 3 heteroatoms. The maximum Gasteiger partial charge on any atom is 0.129 e. The lowest BCUT2D eigenvalue weighted by Gasteiger charge is -2.35. The van der Waals surface area contributed by atoms with E-state index < -0.39 is 0 Å². The molecule has 0 aromatic rings.